The highest BCUT2D eigenvalue weighted by Gasteiger charge is 2.22. The molecule has 0 atom stereocenters. The van der Waals surface area contributed by atoms with E-state index in [9.17, 15) is 0 Å². The summed E-state index contributed by atoms with van der Waals surface area (Å²) in [5.74, 6) is 2.92. The van der Waals surface area contributed by atoms with E-state index >= 15 is 0 Å². The summed E-state index contributed by atoms with van der Waals surface area (Å²) in [6, 6.07) is 0. The normalized spacial score (nSPS) is 15.8. The van der Waals surface area contributed by atoms with E-state index < -0.39 is 0 Å². The van der Waals surface area contributed by atoms with Gasteiger partial charge >= 0.3 is 0 Å². The molecule has 3 heterocycles. The summed E-state index contributed by atoms with van der Waals surface area (Å²) in [7, 11) is 1.61. The Morgan fingerprint density at radius 3 is 2.56 bits per heavy atom. The summed E-state index contributed by atoms with van der Waals surface area (Å²) >= 11 is 6.25. The number of aromatic nitrogens is 4. The minimum Gasteiger partial charge on any atom is -0.377 e. The second kappa shape index (κ2) is 8.07. The van der Waals surface area contributed by atoms with E-state index in [0.717, 1.165) is 49.8 Å². The molecule has 0 radical (unpaired) electrons. The van der Waals surface area contributed by atoms with E-state index in [0.29, 0.717) is 30.0 Å². The van der Waals surface area contributed by atoms with E-state index in [1.807, 2.05) is 13.8 Å². The molecule has 0 unspecified atom stereocenters. The molecule has 3 rings (SSSR count). The van der Waals surface area contributed by atoms with Gasteiger partial charge in [-0.05, 0) is 6.92 Å². The van der Waals surface area contributed by atoms with Crippen molar-refractivity contribution in [3.8, 4) is 0 Å². The monoisotopic (exact) mass is 366 g/mol. The maximum atomic E-state index is 6.25. The third-order valence-electron chi connectivity index (χ3n) is 4.24. The van der Waals surface area contributed by atoms with Crippen LogP contribution in [0, 0.1) is 6.92 Å². The van der Waals surface area contributed by atoms with Crippen LogP contribution in [0.3, 0.4) is 0 Å². The molecule has 0 saturated carbocycles. The van der Waals surface area contributed by atoms with Crippen LogP contribution < -0.4 is 4.90 Å². The second-order valence-electron chi connectivity index (χ2n) is 6.03. The topological polar surface area (TPSA) is 80.4 Å². The molecule has 1 saturated heterocycles. The number of nitrogens with zero attached hydrogens (tertiary/aromatic N) is 6. The largest absolute Gasteiger partial charge is 0.377 e. The molecule has 8 nitrogen and oxygen atoms in total. The number of rotatable bonds is 6. The highest BCUT2D eigenvalue weighted by Crippen LogP contribution is 2.24. The van der Waals surface area contributed by atoms with Gasteiger partial charge in [0.25, 0.3) is 0 Å². The zero-order chi connectivity index (χ0) is 17.8. The van der Waals surface area contributed by atoms with Crippen LogP contribution in [0.15, 0.2) is 4.52 Å². The smallest absolute Gasteiger partial charge is 0.240 e. The van der Waals surface area contributed by atoms with Gasteiger partial charge in [-0.3, -0.25) is 4.90 Å². The van der Waals surface area contributed by atoms with Crippen LogP contribution in [-0.4, -0.2) is 58.3 Å². The molecular formula is C16H23ClN6O2. The average Bonchev–Trinajstić information content (AvgIpc) is 3.05. The number of methoxy groups -OCH3 is 1. The maximum absolute atomic E-state index is 6.25. The number of ether oxygens (including phenoxy) is 1. The molecule has 1 fully saturated rings. The van der Waals surface area contributed by atoms with Crippen molar-refractivity contribution in [2.24, 2.45) is 0 Å². The Kier molecular flexibility index (Phi) is 5.82. The van der Waals surface area contributed by atoms with Gasteiger partial charge in [0.15, 0.2) is 5.82 Å². The van der Waals surface area contributed by atoms with Crippen molar-refractivity contribution in [1.29, 1.82) is 0 Å². The number of hydrogen-bond acceptors (Lipinski definition) is 8. The number of halogens is 1. The number of aryl methyl sites for hydroxylation is 1. The van der Waals surface area contributed by atoms with Gasteiger partial charge in [-0.15, -0.1) is 0 Å². The predicted molar refractivity (Wildman–Crippen MR) is 93.7 cm³/mol. The molecule has 0 aliphatic carbocycles. The molecule has 0 spiro atoms. The van der Waals surface area contributed by atoms with Gasteiger partial charge in [-0.25, -0.2) is 9.97 Å². The van der Waals surface area contributed by atoms with E-state index in [1.54, 1.807) is 7.11 Å². The van der Waals surface area contributed by atoms with E-state index in [1.165, 1.54) is 0 Å². The van der Waals surface area contributed by atoms with Crippen LogP contribution in [0.2, 0.25) is 5.15 Å². The van der Waals surface area contributed by atoms with Crippen LogP contribution in [0.5, 0.6) is 0 Å². The molecule has 2 aromatic rings. The number of hydrogen-bond donors (Lipinski definition) is 0. The van der Waals surface area contributed by atoms with Crippen molar-refractivity contribution in [2.75, 3.05) is 38.2 Å². The van der Waals surface area contributed by atoms with Crippen LogP contribution in [0.25, 0.3) is 0 Å². The van der Waals surface area contributed by atoms with Gasteiger partial charge in [0.2, 0.25) is 5.89 Å². The lowest BCUT2D eigenvalue weighted by Crippen LogP contribution is -2.46. The fourth-order valence-electron chi connectivity index (χ4n) is 2.84. The fraction of sp³-hybridized carbons (Fsp3) is 0.625. The SMILES string of the molecule is CCc1nc(Cl)c(C)c(N2CCN(Cc3nc(COC)no3)CC2)n1. The molecule has 9 heteroatoms. The summed E-state index contributed by atoms with van der Waals surface area (Å²) in [6.45, 7) is 8.55. The summed E-state index contributed by atoms with van der Waals surface area (Å²) < 4.78 is 10.3. The van der Waals surface area contributed by atoms with Gasteiger partial charge < -0.3 is 14.2 Å². The predicted octanol–water partition coefficient (Wildman–Crippen LogP) is 1.85. The van der Waals surface area contributed by atoms with Gasteiger partial charge in [0.05, 0.1) is 6.54 Å². The highest BCUT2D eigenvalue weighted by atomic mass is 35.5. The van der Waals surface area contributed by atoms with Crippen molar-refractivity contribution in [3.63, 3.8) is 0 Å². The Bertz CT molecular complexity index is 715. The number of anilines is 1. The average molecular weight is 367 g/mol. The van der Waals surface area contributed by atoms with Crippen molar-refractivity contribution in [1.82, 2.24) is 25.0 Å². The Morgan fingerprint density at radius 2 is 1.88 bits per heavy atom. The lowest BCUT2D eigenvalue weighted by atomic mass is 10.2. The fourth-order valence-corrected chi connectivity index (χ4v) is 3.02. The van der Waals surface area contributed by atoms with Crippen molar-refractivity contribution in [3.05, 3.63) is 28.3 Å². The van der Waals surface area contributed by atoms with Crippen LogP contribution >= 0.6 is 11.6 Å². The standard InChI is InChI=1S/C16H23ClN6O2/c1-4-12-19-15(17)11(2)16(20-12)23-7-5-22(6-8-23)9-14-18-13(10-24-3)21-25-14/h4-10H2,1-3H3. The minimum absolute atomic E-state index is 0.366. The molecule has 25 heavy (non-hydrogen) atoms. The zero-order valence-corrected chi connectivity index (χ0v) is 15.6. The molecule has 0 N–H and O–H groups in total. The second-order valence-corrected chi connectivity index (χ2v) is 6.39. The molecule has 0 amide bonds. The lowest BCUT2D eigenvalue weighted by Gasteiger charge is -2.35. The molecule has 1 aliphatic heterocycles. The summed E-state index contributed by atoms with van der Waals surface area (Å²) in [5.41, 5.74) is 0.938. The zero-order valence-electron chi connectivity index (χ0n) is 14.8. The molecule has 0 bridgehead atoms. The summed E-state index contributed by atoms with van der Waals surface area (Å²) in [5, 5.41) is 4.44. The van der Waals surface area contributed by atoms with Gasteiger partial charge in [-0.1, -0.05) is 23.7 Å². The lowest BCUT2D eigenvalue weighted by molar-refractivity contribution is 0.174. The van der Waals surface area contributed by atoms with Gasteiger partial charge in [0.1, 0.15) is 23.4 Å². The molecule has 136 valence electrons. The Hall–Kier alpha value is -1.77. The molecule has 0 aromatic carbocycles. The Labute approximate surface area is 152 Å². The van der Waals surface area contributed by atoms with Gasteiger partial charge in [0, 0.05) is 45.3 Å². The number of piperazine rings is 1. The Morgan fingerprint density at radius 1 is 1.12 bits per heavy atom. The quantitative estimate of drug-likeness (QED) is 0.716. The van der Waals surface area contributed by atoms with Crippen LogP contribution in [-0.2, 0) is 24.3 Å². The minimum atomic E-state index is 0.366. The van der Waals surface area contributed by atoms with E-state index in [2.05, 4.69) is 29.9 Å². The molecule has 2 aromatic heterocycles. The molecule has 1 aliphatic rings. The summed E-state index contributed by atoms with van der Waals surface area (Å²) in [6.07, 6.45) is 0.772. The first-order chi connectivity index (χ1) is 12.1. The first-order valence-corrected chi connectivity index (χ1v) is 8.79. The third kappa shape index (κ3) is 4.26. The van der Waals surface area contributed by atoms with Crippen molar-refractivity contribution in [2.45, 2.75) is 33.4 Å². The Balaban J connectivity index is 1.61. The first kappa shape index (κ1) is 18.0. The first-order valence-electron chi connectivity index (χ1n) is 8.41. The third-order valence-corrected chi connectivity index (χ3v) is 4.61. The van der Waals surface area contributed by atoms with Crippen molar-refractivity contribution < 1.29 is 9.26 Å². The van der Waals surface area contributed by atoms with Gasteiger partial charge in [-0.2, -0.15) is 4.98 Å². The van der Waals surface area contributed by atoms with E-state index in [4.69, 9.17) is 20.9 Å². The van der Waals surface area contributed by atoms with Crippen molar-refractivity contribution >= 4 is 17.4 Å². The summed E-state index contributed by atoms with van der Waals surface area (Å²) in [4.78, 5) is 17.9. The van der Waals surface area contributed by atoms with E-state index in [-0.39, 0.29) is 0 Å². The molecular weight excluding hydrogens is 344 g/mol. The van der Waals surface area contributed by atoms with Crippen LogP contribution in [0.4, 0.5) is 5.82 Å². The van der Waals surface area contributed by atoms with Crippen LogP contribution in [0.1, 0.15) is 30.0 Å². The highest BCUT2D eigenvalue weighted by molar-refractivity contribution is 6.30. The maximum Gasteiger partial charge on any atom is 0.240 e.